The van der Waals surface area contributed by atoms with E-state index in [4.69, 9.17) is 15.2 Å². The number of hydrogen-bond donors (Lipinski definition) is 2. The van der Waals surface area contributed by atoms with Crippen molar-refractivity contribution in [1.29, 1.82) is 5.26 Å². The average Bonchev–Trinajstić information content (AvgIpc) is 2.99. The lowest BCUT2D eigenvalue weighted by molar-refractivity contribution is -0.142. The van der Waals surface area contributed by atoms with Crippen LogP contribution in [0.1, 0.15) is 18.1 Å². The fraction of sp³-hybridized carbons (Fsp3) is 0.136. The zero-order chi connectivity index (χ0) is 21.5. The Labute approximate surface area is 180 Å². The minimum absolute atomic E-state index is 0.000572. The molecule has 0 aliphatic carbocycles. The second kappa shape index (κ2) is 7.35. The largest absolute Gasteiger partial charge is 0.457 e. The minimum Gasteiger partial charge on any atom is -0.457 e. The van der Waals surface area contributed by atoms with Crippen LogP contribution in [-0.2, 0) is 31.1 Å². The van der Waals surface area contributed by atoms with Gasteiger partial charge in [0.1, 0.15) is 29.6 Å². The van der Waals surface area contributed by atoms with E-state index in [-0.39, 0.29) is 29.4 Å². The van der Waals surface area contributed by atoms with Gasteiger partial charge >= 0.3 is 5.97 Å². The first kappa shape index (κ1) is 19.7. The van der Waals surface area contributed by atoms with Crippen molar-refractivity contribution in [2.45, 2.75) is 18.9 Å². The summed E-state index contributed by atoms with van der Waals surface area (Å²) < 4.78 is 11.7. The van der Waals surface area contributed by atoms with Crippen molar-refractivity contribution in [1.82, 2.24) is 0 Å². The van der Waals surface area contributed by atoms with Gasteiger partial charge in [-0.05, 0) is 30.7 Å². The molecule has 1 amide bonds. The second-order valence-corrected chi connectivity index (χ2v) is 7.76. The van der Waals surface area contributed by atoms with Crippen LogP contribution >= 0.6 is 15.9 Å². The number of ether oxygens (including phenoxy) is 2. The van der Waals surface area contributed by atoms with Gasteiger partial charge in [-0.15, -0.1) is 0 Å². The molecule has 30 heavy (non-hydrogen) atoms. The maximum Gasteiger partial charge on any atom is 0.339 e. The van der Waals surface area contributed by atoms with Crippen molar-refractivity contribution in [2.75, 3.05) is 5.32 Å². The Hall–Kier alpha value is -3.57. The van der Waals surface area contributed by atoms with E-state index in [1.165, 1.54) is 6.92 Å². The number of nitrogens with two attached hydrogens (primary N) is 1. The van der Waals surface area contributed by atoms with Crippen LogP contribution in [0.15, 0.2) is 75.8 Å². The molecule has 3 N–H and O–H groups in total. The summed E-state index contributed by atoms with van der Waals surface area (Å²) in [6.45, 7) is 1.52. The number of rotatable bonds is 3. The van der Waals surface area contributed by atoms with E-state index in [1.807, 2.05) is 36.4 Å². The smallest absolute Gasteiger partial charge is 0.339 e. The molecule has 2 aliphatic rings. The van der Waals surface area contributed by atoms with Crippen molar-refractivity contribution < 1.29 is 19.1 Å². The molecule has 0 bridgehead atoms. The van der Waals surface area contributed by atoms with Gasteiger partial charge in [0, 0.05) is 15.7 Å². The summed E-state index contributed by atoms with van der Waals surface area (Å²) in [6.07, 6.45) is 0. The SMILES string of the molecule is CC1=C(C(=O)OCc2ccccc2)[C@@]2(C(=O)Nc3ccc(Br)cc32)C(C#N)=C(N)O1. The predicted molar refractivity (Wildman–Crippen MR) is 111 cm³/mol. The van der Waals surface area contributed by atoms with Crippen LogP contribution in [0.5, 0.6) is 0 Å². The molecule has 0 unspecified atom stereocenters. The fourth-order valence-electron chi connectivity index (χ4n) is 3.84. The summed E-state index contributed by atoms with van der Waals surface area (Å²) in [4.78, 5) is 26.5. The first-order valence-corrected chi connectivity index (χ1v) is 9.81. The Morgan fingerprint density at radius 3 is 2.73 bits per heavy atom. The topological polar surface area (TPSA) is 114 Å². The lowest BCUT2D eigenvalue weighted by Crippen LogP contribution is -2.45. The third kappa shape index (κ3) is 2.86. The van der Waals surface area contributed by atoms with Crippen LogP contribution in [0.3, 0.4) is 0 Å². The Balaban J connectivity index is 1.86. The van der Waals surface area contributed by atoms with Crippen molar-refractivity contribution in [2.24, 2.45) is 5.73 Å². The zero-order valence-corrected chi connectivity index (χ0v) is 17.4. The quantitative estimate of drug-likeness (QED) is 0.671. The summed E-state index contributed by atoms with van der Waals surface area (Å²) in [6, 6.07) is 16.2. The van der Waals surface area contributed by atoms with Crippen molar-refractivity contribution in [3.05, 3.63) is 86.9 Å². The zero-order valence-electron chi connectivity index (χ0n) is 15.9. The number of carbonyl (C=O) groups is 2. The molecule has 2 aromatic rings. The van der Waals surface area contributed by atoms with Gasteiger partial charge in [0.15, 0.2) is 5.41 Å². The molecule has 2 aromatic carbocycles. The molecule has 1 atom stereocenters. The number of esters is 1. The fourth-order valence-corrected chi connectivity index (χ4v) is 4.20. The summed E-state index contributed by atoms with van der Waals surface area (Å²) in [5, 5.41) is 12.6. The number of benzene rings is 2. The molecule has 0 radical (unpaired) electrons. The Kier molecular flexibility index (Phi) is 4.84. The highest BCUT2D eigenvalue weighted by molar-refractivity contribution is 9.10. The first-order chi connectivity index (χ1) is 14.4. The van der Waals surface area contributed by atoms with E-state index in [0.717, 1.165) is 5.56 Å². The molecule has 0 aromatic heterocycles. The van der Waals surface area contributed by atoms with E-state index in [2.05, 4.69) is 21.2 Å². The Bertz CT molecular complexity index is 1180. The van der Waals surface area contributed by atoms with Crippen LogP contribution in [0, 0.1) is 11.3 Å². The van der Waals surface area contributed by atoms with Gasteiger partial charge in [-0.2, -0.15) is 5.26 Å². The highest BCUT2D eigenvalue weighted by Gasteiger charge is 2.59. The van der Waals surface area contributed by atoms with E-state index in [9.17, 15) is 14.9 Å². The molecule has 0 fully saturated rings. The maximum absolute atomic E-state index is 13.3. The Morgan fingerprint density at radius 2 is 2.03 bits per heavy atom. The van der Waals surface area contributed by atoms with Gasteiger partial charge in [0.2, 0.25) is 11.8 Å². The average molecular weight is 466 g/mol. The molecule has 1 spiro atoms. The lowest BCUT2D eigenvalue weighted by Gasteiger charge is -2.34. The summed E-state index contributed by atoms with van der Waals surface area (Å²) in [7, 11) is 0. The molecule has 8 heteroatoms. The van der Waals surface area contributed by atoms with Crippen molar-refractivity contribution in [3.63, 3.8) is 0 Å². The number of allylic oxidation sites excluding steroid dienone is 1. The third-order valence-electron chi connectivity index (χ3n) is 5.11. The molecule has 0 saturated carbocycles. The summed E-state index contributed by atoms with van der Waals surface area (Å²) >= 11 is 3.39. The van der Waals surface area contributed by atoms with Crippen LogP contribution in [-0.4, -0.2) is 11.9 Å². The lowest BCUT2D eigenvalue weighted by atomic mass is 9.68. The van der Waals surface area contributed by atoms with Gasteiger partial charge in [-0.25, -0.2) is 4.79 Å². The highest BCUT2D eigenvalue weighted by Crippen LogP contribution is 2.52. The highest BCUT2D eigenvalue weighted by atomic mass is 79.9. The van der Waals surface area contributed by atoms with E-state index >= 15 is 0 Å². The first-order valence-electron chi connectivity index (χ1n) is 9.01. The van der Waals surface area contributed by atoms with Gasteiger partial charge in [-0.1, -0.05) is 46.3 Å². The molecule has 150 valence electrons. The number of fused-ring (bicyclic) bond motifs is 2. The van der Waals surface area contributed by atoms with Gasteiger partial charge in [0.05, 0.1) is 0 Å². The van der Waals surface area contributed by atoms with Gasteiger partial charge in [0.25, 0.3) is 0 Å². The van der Waals surface area contributed by atoms with Crippen LogP contribution in [0.4, 0.5) is 5.69 Å². The number of carbonyl (C=O) groups excluding carboxylic acids is 2. The molecular weight excluding hydrogens is 450 g/mol. The number of nitrogens with zero attached hydrogens (tertiary/aromatic N) is 1. The normalized spacial score (nSPS) is 19.8. The standard InChI is InChI=1S/C22H16BrN3O4/c1-12-18(20(27)29-11-13-5-3-2-4-6-13)22(16(10-24)19(25)30-12)15-9-14(23)7-8-17(15)26-21(22)28/h2-9H,11,25H2,1H3,(H,26,28)/t22-/m0/s1. The number of hydrogen-bond acceptors (Lipinski definition) is 6. The monoisotopic (exact) mass is 465 g/mol. The number of nitriles is 1. The van der Waals surface area contributed by atoms with Crippen molar-refractivity contribution >= 4 is 33.5 Å². The molecule has 0 saturated heterocycles. The third-order valence-corrected chi connectivity index (χ3v) is 5.61. The number of amides is 1. The summed E-state index contributed by atoms with van der Waals surface area (Å²) in [5.74, 6) is -1.45. The van der Waals surface area contributed by atoms with E-state index < -0.39 is 17.3 Å². The predicted octanol–water partition coefficient (Wildman–Crippen LogP) is 3.38. The molecular formula is C22H16BrN3O4. The number of halogens is 1. The van der Waals surface area contributed by atoms with Crippen molar-refractivity contribution in [3.8, 4) is 6.07 Å². The molecule has 2 heterocycles. The maximum atomic E-state index is 13.3. The minimum atomic E-state index is -1.76. The van der Waals surface area contributed by atoms with E-state index in [1.54, 1.807) is 18.2 Å². The van der Waals surface area contributed by atoms with Crippen LogP contribution < -0.4 is 11.1 Å². The Morgan fingerprint density at radius 1 is 1.30 bits per heavy atom. The van der Waals surface area contributed by atoms with E-state index in [0.29, 0.717) is 15.7 Å². The second-order valence-electron chi connectivity index (χ2n) is 6.84. The number of nitrogens with one attached hydrogen (secondary N) is 1. The molecule has 7 nitrogen and oxygen atoms in total. The number of anilines is 1. The van der Waals surface area contributed by atoms with Crippen LogP contribution in [0.2, 0.25) is 0 Å². The molecule has 2 aliphatic heterocycles. The van der Waals surface area contributed by atoms with Gasteiger partial charge in [-0.3, -0.25) is 4.79 Å². The molecule has 4 rings (SSSR count). The summed E-state index contributed by atoms with van der Waals surface area (Å²) in [5.41, 5.74) is 5.68. The van der Waals surface area contributed by atoms with Gasteiger partial charge < -0.3 is 20.5 Å². The van der Waals surface area contributed by atoms with Crippen LogP contribution in [0.25, 0.3) is 0 Å².